The van der Waals surface area contributed by atoms with Gasteiger partial charge in [-0.2, -0.15) is 0 Å². The van der Waals surface area contributed by atoms with Crippen LogP contribution in [0.5, 0.6) is 0 Å². The molecule has 3 heterocycles. The van der Waals surface area contributed by atoms with Crippen LogP contribution in [0.25, 0.3) is 10.2 Å². The molecule has 0 aliphatic carbocycles. The highest BCUT2D eigenvalue weighted by molar-refractivity contribution is 7.18. The van der Waals surface area contributed by atoms with Gasteiger partial charge in [0, 0.05) is 11.3 Å². The van der Waals surface area contributed by atoms with Crippen LogP contribution in [0.1, 0.15) is 17.4 Å². The minimum atomic E-state index is -0.565. The highest BCUT2D eigenvalue weighted by Gasteiger charge is 2.30. The first-order valence-electron chi connectivity index (χ1n) is 5.99. The molecule has 2 N–H and O–H groups in total. The lowest BCUT2D eigenvalue weighted by molar-refractivity contribution is -0.158. The molecule has 2 aromatic heterocycles. The molecule has 0 spiro atoms. The van der Waals surface area contributed by atoms with E-state index in [0.717, 1.165) is 20.7 Å². The van der Waals surface area contributed by atoms with Gasteiger partial charge < -0.3 is 15.2 Å². The number of anilines is 1. The second kappa shape index (κ2) is 4.75. The van der Waals surface area contributed by atoms with E-state index in [1.165, 1.54) is 17.7 Å². The summed E-state index contributed by atoms with van der Waals surface area (Å²) in [6.07, 6.45) is 1.35. The Morgan fingerprint density at radius 3 is 3.26 bits per heavy atom. The summed E-state index contributed by atoms with van der Waals surface area (Å²) >= 11 is 1.53. The van der Waals surface area contributed by atoms with Crippen molar-refractivity contribution >= 4 is 33.3 Å². The topological polar surface area (TPSA) is 87.3 Å². The van der Waals surface area contributed by atoms with Crippen LogP contribution in [0.15, 0.2) is 6.33 Å². The molecule has 0 saturated carbocycles. The Morgan fingerprint density at radius 2 is 2.47 bits per heavy atom. The van der Waals surface area contributed by atoms with Gasteiger partial charge in [0.2, 0.25) is 0 Å². The van der Waals surface area contributed by atoms with Gasteiger partial charge in [0.05, 0.1) is 18.6 Å². The zero-order valence-electron chi connectivity index (χ0n) is 10.4. The molecule has 0 radical (unpaired) electrons. The summed E-state index contributed by atoms with van der Waals surface area (Å²) < 4.78 is 10.5. The summed E-state index contributed by atoms with van der Waals surface area (Å²) in [6, 6.07) is 0. The number of fused-ring (bicyclic) bond motifs is 3. The van der Waals surface area contributed by atoms with Crippen molar-refractivity contribution in [3.8, 4) is 0 Å². The Labute approximate surface area is 113 Å². The minimum absolute atomic E-state index is 0.331. The van der Waals surface area contributed by atoms with Crippen molar-refractivity contribution in [3.05, 3.63) is 16.8 Å². The molecule has 1 aliphatic heterocycles. The largest absolute Gasteiger partial charge is 0.464 e. The molecule has 1 unspecified atom stereocenters. The second-order valence-corrected chi connectivity index (χ2v) is 5.28. The molecule has 2 aromatic rings. The summed E-state index contributed by atoms with van der Waals surface area (Å²) in [6.45, 7) is 2.51. The van der Waals surface area contributed by atoms with Crippen LogP contribution in [-0.4, -0.2) is 28.6 Å². The van der Waals surface area contributed by atoms with Gasteiger partial charge in [-0.1, -0.05) is 0 Å². The molecule has 0 bridgehead atoms. The van der Waals surface area contributed by atoms with Gasteiger partial charge in [-0.3, -0.25) is 0 Å². The third-order valence-corrected chi connectivity index (χ3v) is 4.17. The standard InChI is InChI=1S/C12H13N3O3S/c1-2-17-12(16)7-3-6-8(4-18-7)19-11-9(6)10(13)14-5-15-11/h5,7H,2-4H2,1H3,(H2,13,14,15). The van der Waals surface area contributed by atoms with Gasteiger partial charge in [-0.25, -0.2) is 14.8 Å². The average Bonchev–Trinajstić information content (AvgIpc) is 2.77. The molecule has 3 rings (SSSR count). The summed E-state index contributed by atoms with van der Waals surface area (Å²) in [7, 11) is 0. The lowest BCUT2D eigenvalue weighted by Gasteiger charge is -2.21. The number of nitrogen functional groups attached to an aromatic ring is 1. The molecule has 0 fully saturated rings. The molecule has 1 atom stereocenters. The normalized spacial score (nSPS) is 18.3. The van der Waals surface area contributed by atoms with Crippen molar-refractivity contribution in [2.24, 2.45) is 0 Å². The first-order chi connectivity index (χ1) is 9.20. The third kappa shape index (κ3) is 2.04. The van der Waals surface area contributed by atoms with Crippen molar-refractivity contribution in [2.45, 2.75) is 26.1 Å². The van der Waals surface area contributed by atoms with Crippen molar-refractivity contribution in [1.29, 1.82) is 0 Å². The molecule has 100 valence electrons. The number of rotatable bonds is 2. The quantitative estimate of drug-likeness (QED) is 0.833. The Balaban J connectivity index is 1.99. The lowest BCUT2D eigenvalue weighted by Crippen LogP contribution is -2.31. The van der Waals surface area contributed by atoms with E-state index >= 15 is 0 Å². The first-order valence-corrected chi connectivity index (χ1v) is 6.81. The van der Waals surface area contributed by atoms with Crippen LogP contribution in [-0.2, 0) is 27.3 Å². The number of esters is 1. The van der Waals surface area contributed by atoms with E-state index in [1.807, 2.05) is 0 Å². The fourth-order valence-corrected chi connectivity index (χ4v) is 3.30. The van der Waals surface area contributed by atoms with E-state index in [1.54, 1.807) is 6.92 Å². The smallest absolute Gasteiger partial charge is 0.335 e. The number of nitrogens with two attached hydrogens (primary N) is 1. The molecule has 0 aromatic carbocycles. The zero-order chi connectivity index (χ0) is 13.4. The number of thiophene rings is 1. The molecule has 0 amide bonds. The molecular formula is C12H13N3O3S. The zero-order valence-corrected chi connectivity index (χ0v) is 11.2. The highest BCUT2D eigenvalue weighted by Crippen LogP contribution is 2.37. The summed E-state index contributed by atoms with van der Waals surface area (Å²) in [5.74, 6) is 0.120. The Bertz CT molecular complexity index is 640. The average molecular weight is 279 g/mol. The maximum Gasteiger partial charge on any atom is 0.335 e. The fraction of sp³-hybridized carbons (Fsp3) is 0.417. The maximum atomic E-state index is 11.7. The summed E-state index contributed by atoms with van der Waals surface area (Å²) in [4.78, 5) is 21.9. The van der Waals surface area contributed by atoms with Crippen LogP contribution in [0, 0.1) is 0 Å². The Morgan fingerprint density at radius 1 is 1.63 bits per heavy atom. The van der Waals surface area contributed by atoms with E-state index in [9.17, 15) is 4.79 Å². The minimum Gasteiger partial charge on any atom is -0.464 e. The summed E-state index contributed by atoms with van der Waals surface area (Å²) in [5, 5.41) is 0.847. The van der Waals surface area contributed by atoms with E-state index in [2.05, 4.69) is 9.97 Å². The monoisotopic (exact) mass is 279 g/mol. The van der Waals surface area contributed by atoms with Gasteiger partial charge in [-0.15, -0.1) is 11.3 Å². The van der Waals surface area contributed by atoms with Gasteiger partial charge in [0.15, 0.2) is 6.10 Å². The van der Waals surface area contributed by atoms with Gasteiger partial charge >= 0.3 is 5.97 Å². The number of aromatic nitrogens is 2. The Kier molecular flexibility index (Phi) is 3.08. The number of ether oxygens (including phenoxy) is 2. The van der Waals surface area contributed by atoms with E-state index in [-0.39, 0.29) is 5.97 Å². The number of carbonyl (C=O) groups is 1. The van der Waals surface area contributed by atoms with Crippen LogP contribution < -0.4 is 5.73 Å². The highest BCUT2D eigenvalue weighted by atomic mass is 32.1. The predicted molar refractivity (Wildman–Crippen MR) is 70.7 cm³/mol. The number of carbonyl (C=O) groups excluding carboxylic acids is 1. The van der Waals surface area contributed by atoms with E-state index in [0.29, 0.717) is 25.5 Å². The van der Waals surface area contributed by atoms with Gasteiger partial charge in [0.1, 0.15) is 17.0 Å². The van der Waals surface area contributed by atoms with E-state index < -0.39 is 6.10 Å². The first kappa shape index (κ1) is 12.3. The van der Waals surface area contributed by atoms with Crippen molar-refractivity contribution in [1.82, 2.24) is 9.97 Å². The van der Waals surface area contributed by atoms with Crippen LogP contribution in [0.3, 0.4) is 0 Å². The van der Waals surface area contributed by atoms with Gasteiger partial charge in [0.25, 0.3) is 0 Å². The second-order valence-electron chi connectivity index (χ2n) is 4.20. The summed E-state index contributed by atoms with van der Waals surface area (Å²) in [5.41, 5.74) is 6.92. The lowest BCUT2D eigenvalue weighted by atomic mass is 10.0. The fourth-order valence-electron chi connectivity index (χ4n) is 2.20. The Hall–Kier alpha value is -1.73. The third-order valence-electron chi connectivity index (χ3n) is 3.05. The SMILES string of the molecule is CCOC(=O)C1Cc2c(sc3ncnc(N)c23)CO1. The number of nitrogens with zero attached hydrogens (tertiary/aromatic N) is 2. The number of hydrogen-bond acceptors (Lipinski definition) is 7. The molecule has 7 heteroatoms. The molecule has 1 aliphatic rings. The molecule has 19 heavy (non-hydrogen) atoms. The van der Waals surface area contributed by atoms with E-state index in [4.69, 9.17) is 15.2 Å². The van der Waals surface area contributed by atoms with Crippen LogP contribution >= 0.6 is 11.3 Å². The predicted octanol–water partition coefficient (Wildman–Crippen LogP) is 1.28. The van der Waals surface area contributed by atoms with Crippen LogP contribution in [0.4, 0.5) is 5.82 Å². The molecular weight excluding hydrogens is 266 g/mol. The van der Waals surface area contributed by atoms with Crippen molar-refractivity contribution < 1.29 is 14.3 Å². The number of hydrogen-bond donors (Lipinski definition) is 1. The molecule has 6 nitrogen and oxygen atoms in total. The van der Waals surface area contributed by atoms with Crippen LogP contribution in [0.2, 0.25) is 0 Å². The molecule has 0 saturated heterocycles. The maximum absolute atomic E-state index is 11.7. The van der Waals surface area contributed by atoms with Crippen molar-refractivity contribution in [3.63, 3.8) is 0 Å². The van der Waals surface area contributed by atoms with Crippen molar-refractivity contribution in [2.75, 3.05) is 12.3 Å². The van der Waals surface area contributed by atoms with Gasteiger partial charge in [-0.05, 0) is 12.5 Å².